The molecule has 0 aliphatic carbocycles. The molecule has 0 N–H and O–H groups in total. The molecule has 0 saturated carbocycles. The summed E-state index contributed by atoms with van der Waals surface area (Å²) in [4.78, 5) is 13.8. The van der Waals surface area contributed by atoms with Gasteiger partial charge in [-0.05, 0) is 51.9 Å². The first-order valence-corrected chi connectivity index (χ1v) is 9.16. The Balaban J connectivity index is 1.93. The first-order valence-electron chi connectivity index (χ1n) is 7.72. The van der Waals surface area contributed by atoms with Crippen LogP contribution in [0.5, 0.6) is 0 Å². The number of rotatable bonds is 3. The van der Waals surface area contributed by atoms with E-state index in [4.69, 9.17) is 0 Å². The van der Waals surface area contributed by atoms with E-state index in [9.17, 15) is 13.2 Å². The number of likely N-dealkylation sites (N-methyl/N-ethyl adjacent to an activating group) is 1. The van der Waals surface area contributed by atoms with Gasteiger partial charge in [0.2, 0.25) is 10.0 Å². The third-order valence-corrected chi connectivity index (χ3v) is 6.77. The van der Waals surface area contributed by atoms with E-state index in [0.29, 0.717) is 10.5 Å². The predicted octanol–water partition coefficient (Wildman–Crippen LogP) is 1.75. The zero-order valence-electron chi connectivity index (χ0n) is 13.0. The van der Waals surface area contributed by atoms with Crippen molar-refractivity contribution in [2.45, 2.75) is 43.2 Å². The number of carbonyl (C=O) groups excluding carboxylic acids is 1. The molecule has 1 aromatic carbocycles. The molecule has 0 unspecified atom stereocenters. The molecule has 2 aliphatic heterocycles. The lowest BCUT2D eigenvalue weighted by Crippen LogP contribution is -2.42. The lowest BCUT2D eigenvalue weighted by Gasteiger charge is -2.27. The highest BCUT2D eigenvalue weighted by Crippen LogP contribution is 2.35. The van der Waals surface area contributed by atoms with Crippen LogP contribution in [0, 0.1) is 0 Å². The number of hydrogen-bond donors (Lipinski definition) is 0. The van der Waals surface area contributed by atoms with Crippen molar-refractivity contribution in [3.8, 4) is 0 Å². The van der Waals surface area contributed by atoms with E-state index >= 15 is 0 Å². The van der Waals surface area contributed by atoms with E-state index in [2.05, 4.69) is 4.90 Å². The molecule has 5 nitrogen and oxygen atoms in total. The van der Waals surface area contributed by atoms with Gasteiger partial charge in [0.05, 0.1) is 4.90 Å². The van der Waals surface area contributed by atoms with Crippen molar-refractivity contribution >= 4 is 15.8 Å². The maximum Gasteiger partial charge on any atom is 0.243 e. The number of benzene rings is 1. The van der Waals surface area contributed by atoms with Crippen LogP contribution in [0.4, 0.5) is 0 Å². The second-order valence-electron chi connectivity index (χ2n) is 6.35. The van der Waals surface area contributed by atoms with E-state index in [0.717, 1.165) is 32.4 Å². The first kappa shape index (κ1) is 15.6. The average molecular weight is 322 g/mol. The van der Waals surface area contributed by atoms with Crippen LogP contribution in [0.25, 0.3) is 0 Å². The fraction of sp³-hybridized carbons (Fsp3) is 0.562. The molecule has 2 saturated heterocycles. The van der Waals surface area contributed by atoms with Crippen molar-refractivity contribution in [3.05, 3.63) is 29.8 Å². The van der Waals surface area contributed by atoms with Gasteiger partial charge in [-0.1, -0.05) is 12.1 Å². The van der Waals surface area contributed by atoms with Crippen molar-refractivity contribution in [2.24, 2.45) is 0 Å². The molecule has 2 heterocycles. The van der Waals surface area contributed by atoms with Crippen molar-refractivity contribution in [1.29, 1.82) is 0 Å². The van der Waals surface area contributed by atoms with Gasteiger partial charge in [-0.3, -0.25) is 4.79 Å². The number of nitrogens with zero attached hydrogens (tertiary/aromatic N) is 2. The Morgan fingerprint density at radius 3 is 2.36 bits per heavy atom. The molecule has 2 fully saturated rings. The molecule has 2 aliphatic rings. The Kier molecular flexibility index (Phi) is 4.09. The van der Waals surface area contributed by atoms with Crippen LogP contribution in [0.15, 0.2) is 29.2 Å². The number of Topliss-reactive ketones (excluding diaryl/α,β-unsaturated/α-hetero) is 1. The van der Waals surface area contributed by atoms with Crippen molar-refractivity contribution < 1.29 is 13.2 Å². The van der Waals surface area contributed by atoms with Gasteiger partial charge in [-0.2, -0.15) is 4.31 Å². The lowest BCUT2D eigenvalue weighted by molar-refractivity contribution is 0.101. The number of fused-ring (bicyclic) bond motifs is 2. The molecule has 0 amide bonds. The number of hydrogen-bond acceptors (Lipinski definition) is 4. The van der Waals surface area contributed by atoms with E-state index < -0.39 is 10.0 Å². The molecule has 6 heteroatoms. The predicted molar refractivity (Wildman–Crippen MR) is 84.4 cm³/mol. The van der Waals surface area contributed by atoms with Crippen LogP contribution < -0.4 is 0 Å². The van der Waals surface area contributed by atoms with Crippen LogP contribution >= 0.6 is 0 Å². The third-order valence-electron chi connectivity index (χ3n) is 4.76. The molecule has 2 bridgehead atoms. The fourth-order valence-electron chi connectivity index (χ4n) is 3.58. The minimum atomic E-state index is -3.49. The number of sulfonamides is 1. The van der Waals surface area contributed by atoms with Gasteiger partial charge in [0.15, 0.2) is 5.78 Å². The Labute approximate surface area is 132 Å². The van der Waals surface area contributed by atoms with Crippen molar-refractivity contribution in [3.63, 3.8) is 0 Å². The summed E-state index contributed by atoms with van der Waals surface area (Å²) >= 11 is 0. The zero-order chi connectivity index (χ0) is 15.9. The van der Waals surface area contributed by atoms with Crippen LogP contribution in [-0.2, 0) is 10.0 Å². The van der Waals surface area contributed by atoms with Gasteiger partial charge in [0, 0.05) is 24.2 Å². The maximum atomic E-state index is 13.0. The standard InChI is InChI=1S/C16H22N2O3S/c1-12(19)13-3-7-16(8-4-13)22(20,21)18-14-5-6-15(18)11-17(2)10-9-14/h3-4,7-8,14-15H,5-6,9-11H2,1-2H3/t14-,15+/m1/s1. The summed E-state index contributed by atoms with van der Waals surface area (Å²) in [7, 11) is -1.44. The highest BCUT2D eigenvalue weighted by molar-refractivity contribution is 7.89. The Morgan fingerprint density at radius 1 is 1.09 bits per heavy atom. The minimum Gasteiger partial charge on any atom is -0.305 e. The highest BCUT2D eigenvalue weighted by Gasteiger charge is 2.43. The second-order valence-corrected chi connectivity index (χ2v) is 8.19. The van der Waals surface area contributed by atoms with E-state index in [1.807, 2.05) is 7.05 Å². The lowest BCUT2D eigenvalue weighted by atomic mass is 10.1. The quantitative estimate of drug-likeness (QED) is 0.796. The minimum absolute atomic E-state index is 0.0552. The number of ketones is 1. The molecule has 0 aromatic heterocycles. The molecule has 1 aromatic rings. The third kappa shape index (κ3) is 2.71. The molecule has 120 valence electrons. The molecule has 22 heavy (non-hydrogen) atoms. The van der Waals surface area contributed by atoms with Crippen molar-refractivity contribution in [2.75, 3.05) is 20.1 Å². The Hall–Kier alpha value is -1.24. The Morgan fingerprint density at radius 2 is 1.73 bits per heavy atom. The Bertz CT molecular complexity index is 669. The summed E-state index contributed by atoms with van der Waals surface area (Å²) in [5.74, 6) is -0.0552. The summed E-state index contributed by atoms with van der Waals surface area (Å²) in [5.41, 5.74) is 0.539. The first-order chi connectivity index (χ1) is 10.4. The van der Waals surface area contributed by atoms with Gasteiger partial charge >= 0.3 is 0 Å². The summed E-state index contributed by atoms with van der Waals surface area (Å²) in [6.07, 6.45) is 2.76. The van der Waals surface area contributed by atoms with E-state index in [-0.39, 0.29) is 17.9 Å². The van der Waals surface area contributed by atoms with E-state index in [1.165, 1.54) is 6.92 Å². The summed E-state index contributed by atoms with van der Waals surface area (Å²) in [5, 5.41) is 0. The zero-order valence-corrected chi connectivity index (χ0v) is 13.8. The van der Waals surface area contributed by atoms with Crippen LogP contribution in [0.3, 0.4) is 0 Å². The molecule has 0 spiro atoms. The molecule has 3 rings (SSSR count). The normalized spacial score (nSPS) is 26.8. The summed E-state index contributed by atoms with van der Waals surface area (Å²) < 4.78 is 27.7. The maximum absolute atomic E-state index is 13.0. The largest absolute Gasteiger partial charge is 0.305 e. The molecule has 2 atom stereocenters. The molecule has 0 radical (unpaired) electrons. The number of likely N-dealkylation sites (tertiary alicyclic amines) is 1. The fourth-order valence-corrected chi connectivity index (χ4v) is 5.47. The van der Waals surface area contributed by atoms with Crippen LogP contribution in [-0.4, -0.2) is 55.6 Å². The monoisotopic (exact) mass is 322 g/mol. The molecular weight excluding hydrogens is 300 g/mol. The topological polar surface area (TPSA) is 57.7 Å². The van der Waals surface area contributed by atoms with Crippen LogP contribution in [0.1, 0.15) is 36.5 Å². The number of carbonyl (C=O) groups is 1. The van der Waals surface area contributed by atoms with Crippen molar-refractivity contribution in [1.82, 2.24) is 9.21 Å². The van der Waals surface area contributed by atoms with Gasteiger partial charge < -0.3 is 4.90 Å². The average Bonchev–Trinajstić information content (AvgIpc) is 2.79. The smallest absolute Gasteiger partial charge is 0.243 e. The van der Waals surface area contributed by atoms with Gasteiger partial charge in [-0.15, -0.1) is 0 Å². The van der Waals surface area contributed by atoms with Gasteiger partial charge in [0.1, 0.15) is 0 Å². The summed E-state index contributed by atoms with van der Waals surface area (Å²) in [6.45, 7) is 3.21. The SMILES string of the molecule is CC(=O)c1ccc(S(=O)(=O)N2[C@@H]3CC[C@H]2CN(C)CC3)cc1. The molecular formula is C16H22N2O3S. The van der Waals surface area contributed by atoms with E-state index in [1.54, 1.807) is 28.6 Å². The summed E-state index contributed by atoms with van der Waals surface area (Å²) in [6, 6.07) is 6.48. The van der Waals surface area contributed by atoms with Gasteiger partial charge in [-0.25, -0.2) is 8.42 Å². The van der Waals surface area contributed by atoms with Crippen LogP contribution in [0.2, 0.25) is 0 Å². The second kappa shape index (κ2) is 5.76. The van der Waals surface area contributed by atoms with Gasteiger partial charge in [0.25, 0.3) is 0 Å². The highest BCUT2D eigenvalue weighted by atomic mass is 32.2.